The van der Waals surface area contributed by atoms with Gasteiger partial charge in [-0.25, -0.2) is 0 Å². The van der Waals surface area contributed by atoms with E-state index in [1.54, 1.807) is 0 Å². The van der Waals surface area contributed by atoms with Gasteiger partial charge in [0.15, 0.2) is 0 Å². The fourth-order valence-electron chi connectivity index (χ4n) is 2.23. The maximum absolute atomic E-state index is 12.3. The van der Waals surface area contributed by atoms with Crippen LogP contribution in [-0.4, -0.2) is 12.5 Å². The minimum absolute atomic E-state index is 0.0947. The van der Waals surface area contributed by atoms with Gasteiger partial charge < -0.3 is 15.1 Å². The minimum atomic E-state index is -0.153. The number of carbonyl (C=O) groups excluding carboxylic acids is 1. The summed E-state index contributed by atoms with van der Waals surface area (Å²) in [5.41, 5.74) is 2.78. The smallest absolute Gasteiger partial charge is 0.251 e. The van der Waals surface area contributed by atoms with Gasteiger partial charge in [-0.2, -0.15) is 0 Å². The zero-order valence-electron chi connectivity index (χ0n) is 13.0. The largest absolute Gasteiger partial charge is 0.464 e. The highest BCUT2D eigenvalue weighted by molar-refractivity contribution is 5.95. The molecule has 0 bridgehead atoms. The average molecular weight is 286 g/mol. The number of hydrogen-bond acceptors (Lipinski definition) is 3. The zero-order valence-corrected chi connectivity index (χ0v) is 13.0. The van der Waals surface area contributed by atoms with Crippen molar-refractivity contribution in [3.8, 4) is 0 Å². The van der Waals surface area contributed by atoms with Gasteiger partial charge in [0.05, 0.1) is 6.04 Å². The molecule has 2 rings (SSSR count). The number of rotatable bonds is 5. The van der Waals surface area contributed by atoms with Crippen LogP contribution >= 0.6 is 0 Å². The van der Waals surface area contributed by atoms with E-state index >= 15 is 0 Å². The van der Waals surface area contributed by atoms with Crippen molar-refractivity contribution in [2.45, 2.75) is 33.7 Å². The third kappa shape index (κ3) is 3.66. The number of benzene rings is 1. The Bertz CT molecular complexity index is 631. The van der Waals surface area contributed by atoms with Crippen molar-refractivity contribution >= 4 is 11.6 Å². The highest BCUT2D eigenvalue weighted by Crippen LogP contribution is 2.19. The molecule has 1 aromatic heterocycles. The van der Waals surface area contributed by atoms with Crippen molar-refractivity contribution in [2.24, 2.45) is 0 Å². The fourth-order valence-corrected chi connectivity index (χ4v) is 2.23. The van der Waals surface area contributed by atoms with Gasteiger partial charge in [0.2, 0.25) is 0 Å². The van der Waals surface area contributed by atoms with E-state index in [0.717, 1.165) is 29.3 Å². The molecule has 1 amide bonds. The molecule has 112 valence electrons. The fraction of sp³-hybridized carbons (Fsp3) is 0.353. The van der Waals surface area contributed by atoms with E-state index in [0.29, 0.717) is 5.56 Å². The van der Waals surface area contributed by atoms with Crippen LogP contribution in [0.1, 0.15) is 47.3 Å². The Hall–Kier alpha value is -2.23. The molecule has 0 radical (unpaired) electrons. The molecule has 0 aliphatic rings. The Labute approximate surface area is 125 Å². The van der Waals surface area contributed by atoms with Crippen LogP contribution in [0.2, 0.25) is 0 Å². The highest BCUT2D eigenvalue weighted by atomic mass is 16.3. The van der Waals surface area contributed by atoms with Gasteiger partial charge in [-0.15, -0.1) is 0 Å². The summed E-state index contributed by atoms with van der Waals surface area (Å²) in [5, 5.41) is 6.22. The summed E-state index contributed by atoms with van der Waals surface area (Å²) in [5.74, 6) is 1.52. The quantitative estimate of drug-likeness (QED) is 0.878. The van der Waals surface area contributed by atoms with Crippen LogP contribution in [0.15, 0.2) is 34.7 Å². The van der Waals surface area contributed by atoms with Crippen LogP contribution in [0, 0.1) is 13.8 Å². The summed E-state index contributed by atoms with van der Waals surface area (Å²) in [4.78, 5) is 12.3. The molecule has 2 N–H and O–H groups in total. The minimum Gasteiger partial charge on any atom is -0.464 e. The van der Waals surface area contributed by atoms with Gasteiger partial charge in [-0.3, -0.25) is 4.79 Å². The molecule has 0 fully saturated rings. The second-order valence-electron chi connectivity index (χ2n) is 5.20. The summed E-state index contributed by atoms with van der Waals surface area (Å²) >= 11 is 0. The van der Waals surface area contributed by atoms with Crippen molar-refractivity contribution in [1.82, 2.24) is 5.32 Å². The maximum atomic E-state index is 12.3. The number of hydrogen-bond donors (Lipinski definition) is 2. The number of amides is 1. The van der Waals surface area contributed by atoms with Gasteiger partial charge in [0.25, 0.3) is 5.91 Å². The number of furan rings is 1. The molecule has 1 unspecified atom stereocenters. The van der Waals surface area contributed by atoms with Crippen LogP contribution in [0.5, 0.6) is 0 Å². The van der Waals surface area contributed by atoms with E-state index < -0.39 is 0 Å². The summed E-state index contributed by atoms with van der Waals surface area (Å²) in [6.07, 6.45) is 0. The molecule has 21 heavy (non-hydrogen) atoms. The van der Waals surface area contributed by atoms with E-state index in [9.17, 15) is 4.79 Å². The summed E-state index contributed by atoms with van der Waals surface area (Å²) in [6.45, 7) is 8.71. The molecule has 4 nitrogen and oxygen atoms in total. The van der Waals surface area contributed by atoms with Crippen molar-refractivity contribution in [3.63, 3.8) is 0 Å². The highest BCUT2D eigenvalue weighted by Gasteiger charge is 2.14. The first kappa shape index (κ1) is 15.2. The lowest BCUT2D eigenvalue weighted by Crippen LogP contribution is -2.26. The Morgan fingerprint density at radius 3 is 2.57 bits per heavy atom. The number of anilines is 1. The molecule has 4 heteroatoms. The van der Waals surface area contributed by atoms with Crippen LogP contribution < -0.4 is 10.6 Å². The summed E-state index contributed by atoms with van der Waals surface area (Å²) in [6, 6.07) is 9.30. The van der Waals surface area contributed by atoms with Crippen LogP contribution in [0.25, 0.3) is 0 Å². The van der Waals surface area contributed by atoms with E-state index in [1.807, 2.05) is 58.0 Å². The second-order valence-corrected chi connectivity index (χ2v) is 5.20. The lowest BCUT2D eigenvalue weighted by molar-refractivity contribution is 0.0935. The SMILES string of the molecule is CCNc1ccc(C(=O)NC(C)c2ccc(C)o2)cc1C. The van der Waals surface area contributed by atoms with Crippen molar-refractivity contribution in [3.05, 3.63) is 53.0 Å². The van der Waals surface area contributed by atoms with E-state index in [4.69, 9.17) is 4.42 Å². The Morgan fingerprint density at radius 1 is 1.24 bits per heavy atom. The molecule has 0 aliphatic heterocycles. The molecule has 0 spiro atoms. The lowest BCUT2D eigenvalue weighted by Gasteiger charge is -2.13. The second kappa shape index (κ2) is 6.48. The van der Waals surface area contributed by atoms with Crippen molar-refractivity contribution in [2.75, 3.05) is 11.9 Å². The number of carbonyl (C=O) groups is 1. The molecular formula is C17H22N2O2. The van der Waals surface area contributed by atoms with E-state index in [1.165, 1.54) is 0 Å². The third-order valence-corrected chi connectivity index (χ3v) is 3.39. The lowest BCUT2D eigenvalue weighted by atomic mass is 10.1. The number of aryl methyl sites for hydroxylation is 2. The van der Waals surface area contributed by atoms with Crippen LogP contribution in [0.4, 0.5) is 5.69 Å². The Morgan fingerprint density at radius 2 is 2.00 bits per heavy atom. The zero-order chi connectivity index (χ0) is 15.4. The molecule has 0 saturated carbocycles. The number of nitrogens with one attached hydrogen (secondary N) is 2. The van der Waals surface area contributed by atoms with Crippen molar-refractivity contribution in [1.29, 1.82) is 0 Å². The molecule has 1 atom stereocenters. The van der Waals surface area contributed by atoms with Crippen LogP contribution in [0.3, 0.4) is 0 Å². The normalized spacial score (nSPS) is 12.0. The molecule has 1 heterocycles. The molecular weight excluding hydrogens is 264 g/mol. The molecule has 0 saturated heterocycles. The predicted molar refractivity (Wildman–Crippen MR) is 84.7 cm³/mol. The first-order chi connectivity index (χ1) is 10.0. The van der Waals surface area contributed by atoms with E-state index in [2.05, 4.69) is 10.6 Å². The van der Waals surface area contributed by atoms with E-state index in [-0.39, 0.29) is 11.9 Å². The monoisotopic (exact) mass is 286 g/mol. The first-order valence-electron chi connectivity index (χ1n) is 7.23. The van der Waals surface area contributed by atoms with Crippen LogP contribution in [-0.2, 0) is 0 Å². The molecule has 1 aromatic carbocycles. The van der Waals surface area contributed by atoms with Gasteiger partial charge in [-0.05, 0) is 63.6 Å². The average Bonchev–Trinajstić information content (AvgIpc) is 2.88. The molecule has 2 aromatic rings. The summed E-state index contributed by atoms with van der Waals surface area (Å²) < 4.78 is 5.53. The third-order valence-electron chi connectivity index (χ3n) is 3.39. The Balaban J connectivity index is 2.08. The van der Waals surface area contributed by atoms with Crippen molar-refractivity contribution < 1.29 is 9.21 Å². The topological polar surface area (TPSA) is 54.3 Å². The standard InChI is InChI=1S/C17H22N2O2/c1-5-18-15-8-7-14(10-11(15)2)17(20)19-13(4)16-9-6-12(3)21-16/h6-10,13,18H,5H2,1-4H3,(H,19,20). The first-order valence-corrected chi connectivity index (χ1v) is 7.23. The van der Waals surface area contributed by atoms with Gasteiger partial charge >= 0.3 is 0 Å². The summed E-state index contributed by atoms with van der Waals surface area (Å²) in [7, 11) is 0. The predicted octanol–water partition coefficient (Wildman–Crippen LogP) is 3.82. The van der Waals surface area contributed by atoms with Gasteiger partial charge in [0.1, 0.15) is 11.5 Å². The maximum Gasteiger partial charge on any atom is 0.251 e. The van der Waals surface area contributed by atoms with Gasteiger partial charge in [-0.1, -0.05) is 0 Å². The molecule has 0 aliphatic carbocycles. The Kier molecular flexibility index (Phi) is 4.68. The van der Waals surface area contributed by atoms with Gasteiger partial charge in [0, 0.05) is 17.8 Å².